The zero-order chi connectivity index (χ0) is 23.8. The summed E-state index contributed by atoms with van der Waals surface area (Å²) in [6, 6.07) is 4.76. The Morgan fingerprint density at radius 1 is 1.00 bits per heavy atom. The van der Waals surface area contributed by atoms with Crippen molar-refractivity contribution in [3.63, 3.8) is 0 Å². The summed E-state index contributed by atoms with van der Waals surface area (Å²) in [7, 11) is 0. The van der Waals surface area contributed by atoms with E-state index in [4.69, 9.17) is 10.7 Å². The topological polar surface area (TPSA) is 44.9 Å². The summed E-state index contributed by atoms with van der Waals surface area (Å²) >= 11 is 0. The molecule has 3 rings (SSSR count). The fourth-order valence-corrected chi connectivity index (χ4v) is 5.61. The number of nitrogens with two attached hydrogens (primary N) is 1. The SMILES string of the molecule is CCN(CC)C/C(N)=C1\CCCC1=NCCCC1CCCN(c2cc(C)c(C)cc2C)CC1. The molecule has 1 saturated heterocycles. The molecule has 0 bridgehead atoms. The van der Waals surface area contributed by atoms with E-state index in [1.165, 1.54) is 85.3 Å². The molecule has 1 aliphatic heterocycles. The molecule has 33 heavy (non-hydrogen) atoms. The minimum absolute atomic E-state index is 0.841. The van der Waals surface area contributed by atoms with Gasteiger partial charge in [0.1, 0.15) is 0 Å². The summed E-state index contributed by atoms with van der Waals surface area (Å²) in [4.78, 5) is 10.1. The van der Waals surface area contributed by atoms with Gasteiger partial charge >= 0.3 is 0 Å². The van der Waals surface area contributed by atoms with Crippen LogP contribution in [0.25, 0.3) is 0 Å². The van der Waals surface area contributed by atoms with Crippen molar-refractivity contribution in [2.24, 2.45) is 16.6 Å². The number of hydrogen-bond donors (Lipinski definition) is 1. The quantitative estimate of drug-likeness (QED) is 0.455. The van der Waals surface area contributed by atoms with Crippen LogP contribution in [0.15, 0.2) is 28.4 Å². The molecule has 4 heteroatoms. The molecule has 1 atom stereocenters. The predicted octanol–water partition coefficient (Wildman–Crippen LogP) is 6.18. The summed E-state index contributed by atoms with van der Waals surface area (Å²) in [5.74, 6) is 0.841. The second-order valence-electron chi connectivity index (χ2n) is 10.3. The molecule has 2 N–H and O–H groups in total. The molecule has 1 unspecified atom stereocenters. The molecule has 0 radical (unpaired) electrons. The van der Waals surface area contributed by atoms with Gasteiger partial charge in [-0.3, -0.25) is 9.89 Å². The standard InChI is InChI=1S/C29H48N4/c1-6-32(7-2)21-27(30)26-13-8-14-28(26)31-16-9-11-25-12-10-17-33(18-15-25)29-20-23(4)22(3)19-24(29)5/h19-20,25H,6-18,21,30H2,1-5H3/b27-26-,31-28?. The minimum atomic E-state index is 0.841. The first kappa shape index (κ1) is 25.8. The van der Waals surface area contributed by atoms with Crippen molar-refractivity contribution >= 4 is 11.4 Å². The molecule has 2 fully saturated rings. The number of aliphatic imine (C=N–C) groups is 1. The molecule has 4 nitrogen and oxygen atoms in total. The molecule has 184 valence electrons. The highest BCUT2D eigenvalue weighted by atomic mass is 15.1. The molecule has 0 aromatic heterocycles. The van der Waals surface area contributed by atoms with Gasteiger partial charge in [-0.1, -0.05) is 19.9 Å². The molecule has 1 aliphatic carbocycles. The van der Waals surface area contributed by atoms with E-state index >= 15 is 0 Å². The zero-order valence-corrected chi connectivity index (χ0v) is 22.1. The number of allylic oxidation sites excluding steroid dienone is 1. The van der Waals surface area contributed by atoms with Gasteiger partial charge in [0.25, 0.3) is 0 Å². The van der Waals surface area contributed by atoms with E-state index in [9.17, 15) is 0 Å². The van der Waals surface area contributed by atoms with Crippen LogP contribution in [0.4, 0.5) is 5.69 Å². The van der Waals surface area contributed by atoms with Crippen LogP contribution in [0, 0.1) is 26.7 Å². The van der Waals surface area contributed by atoms with Gasteiger partial charge in [-0.15, -0.1) is 0 Å². The highest BCUT2D eigenvalue weighted by Crippen LogP contribution is 2.30. The van der Waals surface area contributed by atoms with E-state index in [2.05, 4.69) is 56.6 Å². The van der Waals surface area contributed by atoms with Crippen molar-refractivity contribution < 1.29 is 0 Å². The van der Waals surface area contributed by atoms with Crippen molar-refractivity contribution in [3.05, 3.63) is 40.1 Å². The molecule has 1 saturated carbocycles. The van der Waals surface area contributed by atoms with Gasteiger partial charge in [0.2, 0.25) is 0 Å². The average Bonchev–Trinajstić information content (AvgIpc) is 3.15. The largest absolute Gasteiger partial charge is 0.401 e. The molecule has 1 heterocycles. The number of likely N-dealkylation sites (N-methyl/N-ethyl adjacent to an activating group) is 1. The normalized spacial score (nSPS) is 22.3. The van der Waals surface area contributed by atoms with Crippen molar-refractivity contribution in [2.45, 2.75) is 86.0 Å². The van der Waals surface area contributed by atoms with E-state index in [-0.39, 0.29) is 0 Å². The van der Waals surface area contributed by atoms with Gasteiger partial charge in [0, 0.05) is 43.3 Å². The highest BCUT2D eigenvalue weighted by molar-refractivity contribution is 6.02. The average molecular weight is 453 g/mol. The number of rotatable bonds is 9. The summed E-state index contributed by atoms with van der Waals surface area (Å²) in [6.07, 6.45) is 9.93. The first-order valence-electron chi connectivity index (χ1n) is 13.5. The third-order valence-corrected chi connectivity index (χ3v) is 7.94. The Labute approximate surface area is 203 Å². The van der Waals surface area contributed by atoms with Crippen molar-refractivity contribution in [3.8, 4) is 0 Å². The predicted molar refractivity (Wildman–Crippen MR) is 145 cm³/mol. The van der Waals surface area contributed by atoms with Crippen molar-refractivity contribution in [1.82, 2.24) is 4.90 Å². The van der Waals surface area contributed by atoms with Crippen molar-refractivity contribution in [1.29, 1.82) is 0 Å². The lowest BCUT2D eigenvalue weighted by Gasteiger charge is -2.26. The van der Waals surface area contributed by atoms with Gasteiger partial charge in [-0.2, -0.15) is 0 Å². The zero-order valence-electron chi connectivity index (χ0n) is 22.1. The Balaban J connectivity index is 1.49. The fraction of sp³-hybridized carbons (Fsp3) is 0.690. The number of hydrogen-bond acceptors (Lipinski definition) is 4. The van der Waals surface area contributed by atoms with Gasteiger partial charge in [0.15, 0.2) is 0 Å². The van der Waals surface area contributed by atoms with Crippen LogP contribution >= 0.6 is 0 Å². The minimum Gasteiger partial charge on any atom is -0.401 e. The Hall–Kier alpha value is -1.81. The van der Waals surface area contributed by atoms with Crippen LogP contribution in [-0.4, -0.2) is 49.9 Å². The maximum Gasteiger partial charge on any atom is 0.0398 e. The lowest BCUT2D eigenvalue weighted by Crippen LogP contribution is -2.29. The lowest BCUT2D eigenvalue weighted by molar-refractivity contribution is 0.328. The van der Waals surface area contributed by atoms with Crippen LogP contribution in [-0.2, 0) is 0 Å². The number of benzene rings is 1. The first-order chi connectivity index (χ1) is 15.9. The van der Waals surface area contributed by atoms with Crippen LogP contribution in [0.2, 0.25) is 0 Å². The summed E-state index contributed by atoms with van der Waals surface area (Å²) in [6.45, 7) is 17.5. The maximum atomic E-state index is 6.50. The highest BCUT2D eigenvalue weighted by Gasteiger charge is 2.20. The molecular formula is C29H48N4. The molecule has 2 aliphatic rings. The van der Waals surface area contributed by atoms with E-state index in [1.807, 2.05) is 0 Å². The Bertz CT molecular complexity index is 834. The number of nitrogens with zero attached hydrogens (tertiary/aromatic N) is 3. The van der Waals surface area contributed by atoms with E-state index in [0.29, 0.717) is 0 Å². The molecule has 1 aromatic carbocycles. The van der Waals surface area contributed by atoms with Gasteiger partial charge < -0.3 is 10.6 Å². The van der Waals surface area contributed by atoms with E-state index in [0.717, 1.165) is 50.6 Å². The third kappa shape index (κ3) is 7.09. The second kappa shape index (κ2) is 12.6. The third-order valence-electron chi connectivity index (χ3n) is 7.94. The van der Waals surface area contributed by atoms with Crippen LogP contribution < -0.4 is 10.6 Å². The molecule has 1 aromatic rings. The molecule has 0 amide bonds. The maximum absolute atomic E-state index is 6.50. The van der Waals surface area contributed by atoms with Gasteiger partial charge in [0.05, 0.1) is 0 Å². The monoisotopic (exact) mass is 452 g/mol. The Morgan fingerprint density at radius 3 is 2.52 bits per heavy atom. The summed E-state index contributed by atoms with van der Waals surface area (Å²) in [5, 5.41) is 0. The Morgan fingerprint density at radius 2 is 1.76 bits per heavy atom. The lowest BCUT2D eigenvalue weighted by atomic mass is 9.95. The summed E-state index contributed by atoms with van der Waals surface area (Å²) in [5.41, 5.74) is 15.9. The van der Waals surface area contributed by atoms with Crippen molar-refractivity contribution in [2.75, 3.05) is 44.2 Å². The van der Waals surface area contributed by atoms with Crippen LogP contribution in [0.3, 0.4) is 0 Å². The van der Waals surface area contributed by atoms with Gasteiger partial charge in [-0.05, 0) is 119 Å². The Kier molecular flexibility index (Phi) is 9.85. The fourth-order valence-electron chi connectivity index (χ4n) is 5.61. The second-order valence-corrected chi connectivity index (χ2v) is 10.3. The number of anilines is 1. The van der Waals surface area contributed by atoms with Crippen LogP contribution in [0.5, 0.6) is 0 Å². The molecular weight excluding hydrogens is 404 g/mol. The van der Waals surface area contributed by atoms with E-state index < -0.39 is 0 Å². The first-order valence-corrected chi connectivity index (χ1v) is 13.5. The van der Waals surface area contributed by atoms with E-state index in [1.54, 1.807) is 0 Å². The smallest absolute Gasteiger partial charge is 0.0398 e. The van der Waals surface area contributed by atoms with Crippen LogP contribution in [0.1, 0.15) is 81.9 Å². The summed E-state index contributed by atoms with van der Waals surface area (Å²) < 4.78 is 0. The molecule has 0 spiro atoms. The van der Waals surface area contributed by atoms with Gasteiger partial charge in [-0.25, -0.2) is 0 Å². The number of aryl methyl sites for hydroxylation is 3.